The molecule has 1 heteroatoms. The highest BCUT2D eigenvalue weighted by atomic mass is 16.5. The molecule has 0 bridgehead atoms. The third-order valence-corrected chi connectivity index (χ3v) is 2.72. The highest BCUT2D eigenvalue weighted by molar-refractivity contribution is 5.29. The van der Waals surface area contributed by atoms with Crippen LogP contribution in [0.3, 0.4) is 0 Å². The first-order valence-electron chi connectivity index (χ1n) is 6.27. The number of rotatable bonds is 7. The average Bonchev–Trinajstić information content (AvgIpc) is 2.31. The zero-order chi connectivity index (χ0) is 14.2. The number of ether oxygens (including phenoxy) is 1. The van der Waals surface area contributed by atoms with Crippen molar-refractivity contribution >= 4 is 0 Å². The van der Waals surface area contributed by atoms with Gasteiger partial charge < -0.3 is 4.74 Å². The fourth-order valence-corrected chi connectivity index (χ4v) is 1.23. The van der Waals surface area contributed by atoms with Crippen LogP contribution in [0.1, 0.15) is 27.7 Å². The molecule has 0 fully saturated rings. The van der Waals surface area contributed by atoms with Crippen LogP contribution in [0, 0.1) is 11.3 Å². The predicted molar refractivity (Wildman–Crippen MR) is 81.3 cm³/mol. The number of methoxy groups -OCH3 is 1. The topological polar surface area (TPSA) is 9.23 Å². The summed E-state index contributed by atoms with van der Waals surface area (Å²) >= 11 is 0. The fraction of sp³-hybridized carbons (Fsp3) is 0.412. The van der Waals surface area contributed by atoms with Crippen molar-refractivity contribution in [2.24, 2.45) is 11.3 Å². The van der Waals surface area contributed by atoms with E-state index in [-0.39, 0.29) is 5.41 Å². The first-order valence-corrected chi connectivity index (χ1v) is 6.27. The van der Waals surface area contributed by atoms with E-state index in [1.807, 2.05) is 12.2 Å². The molecule has 0 aliphatic rings. The Bertz CT molecular complexity index is 365. The van der Waals surface area contributed by atoms with Gasteiger partial charge in [0, 0.05) is 5.41 Å². The molecule has 1 nitrogen and oxygen atoms in total. The Morgan fingerprint density at radius 1 is 1.28 bits per heavy atom. The summed E-state index contributed by atoms with van der Waals surface area (Å²) in [6.07, 6.45) is 11.9. The van der Waals surface area contributed by atoms with E-state index in [9.17, 15) is 0 Å². The summed E-state index contributed by atoms with van der Waals surface area (Å²) in [5.74, 6) is 1.30. The van der Waals surface area contributed by atoms with Crippen LogP contribution in [0.25, 0.3) is 0 Å². The van der Waals surface area contributed by atoms with E-state index in [0.29, 0.717) is 5.92 Å². The van der Waals surface area contributed by atoms with Crippen molar-refractivity contribution in [3.63, 3.8) is 0 Å². The van der Waals surface area contributed by atoms with Gasteiger partial charge in [0.1, 0.15) is 5.76 Å². The summed E-state index contributed by atoms with van der Waals surface area (Å²) in [6, 6.07) is 0. The van der Waals surface area contributed by atoms with E-state index < -0.39 is 0 Å². The molecule has 0 unspecified atom stereocenters. The second kappa shape index (κ2) is 7.75. The van der Waals surface area contributed by atoms with Gasteiger partial charge in [-0.3, -0.25) is 0 Å². The maximum absolute atomic E-state index is 5.11. The molecule has 0 radical (unpaired) electrons. The van der Waals surface area contributed by atoms with E-state index in [0.717, 1.165) is 11.3 Å². The number of allylic oxidation sites excluding steroid dienone is 7. The molecule has 0 aromatic rings. The van der Waals surface area contributed by atoms with E-state index in [1.54, 1.807) is 13.2 Å². The molecule has 0 aliphatic heterocycles. The molecular weight excluding hydrogens is 220 g/mol. The van der Waals surface area contributed by atoms with Gasteiger partial charge in [-0.2, -0.15) is 0 Å². The molecule has 0 aliphatic carbocycles. The summed E-state index contributed by atoms with van der Waals surface area (Å²) in [7, 11) is 1.64. The summed E-state index contributed by atoms with van der Waals surface area (Å²) in [5, 5.41) is 0. The van der Waals surface area contributed by atoms with Gasteiger partial charge in [-0.15, -0.1) is 0 Å². The minimum Gasteiger partial charge on any atom is -0.497 e. The Morgan fingerprint density at radius 2 is 1.89 bits per heavy atom. The molecule has 0 saturated heterocycles. The Morgan fingerprint density at radius 3 is 2.33 bits per heavy atom. The normalized spacial score (nSPS) is 13.6. The summed E-state index contributed by atoms with van der Waals surface area (Å²) in [4.78, 5) is 0. The van der Waals surface area contributed by atoms with Crippen LogP contribution in [0.4, 0.5) is 0 Å². The summed E-state index contributed by atoms with van der Waals surface area (Å²) < 4.78 is 5.11. The lowest BCUT2D eigenvalue weighted by Gasteiger charge is -2.21. The Balaban J connectivity index is 4.74. The van der Waals surface area contributed by atoms with Gasteiger partial charge in [0.05, 0.1) is 7.11 Å². The SMILES string of the molecule is C=C/C(=C\C=C\C(C)(C)C(=C)/C=C/C(C)C)OC. The summed E-state index contributed by atoms with van der Waals surface area (Å²) in [6.45, 7) is 16.4. The van der Waals surface area contributed by atoms with Crippen molar-refractivity contribution < 1.29 is 4.74 Å². The smallest absolute Gasteiger partial charge is 0.118 e. The van der Waals surface area contributed by atoms with E-state index in [2.05, 4.69) is 59.1 Å². The van der Waals surface area contributed by atoms with Gasteiger partial charge in [0.25, 0.3) is 0 Å². The van der Waals surface area contributed by atoms with E-state index in [4.69, 9.17) is 4.74 Å². The van der Waals surface area contributed by atoms with Crippen LogP contribution in [0.15, 0.2) is 60.9 Å². The van der Waals surface area contributed by atoms with Gasteiger partial charge in [-0.05, 0) is 23.6 Å². The van der Waals surface area contributed by atoms with Crippen LogP contribution in [-0.2, 0) is 4.74 Å². The molecule has 0 N–H and O–H groups in total. The van der Waals surface area contributed by atoms with Crippen LogP contribution in [-0.4, -0.2) is 7.11 Å². The maximum Gasteiger partial charge on any atom is 0.118 e. The van der Waals surface area contributed by atoms with Crippen LogP contribution >= 0.6 is 0 Å². The lowest BCUT2D eigenvalue weighted by atomic mass is 9.84. The zero-order valence-electron chi connectivity index (χ0n) is 12.4. The second-order valence-electron chi connectivity index (χ2n) is 5.19. The number of hydrogen-bond acceptors (Lipinski definition) is 1. The Kier molecular flexibility index (Phi) is 7.11. The highest BCUT2D eigenvalue weighted by Gasteiger charge is 2.15. The van der Waals surface area contributed by atoms with Gasteiger partial charge in [0.15, 0.2) is 0 Å². The van der Waals surface area contributed by atoms with Crippen LogP contribution < -0.4 is 0 Å². The molecule has 18 heavy (non-hydrogen) atoms. The molecule has 0 saturated carbocycles. The molecule has 0 amide bonds. The second-order valence-corrected chi connectivity index (χ2v) is 5.19. The minimum absolute atomic E-state index is 0.0675. The minimum atomic E-state index is -0.0675. The van der Waals surface area contributed by atoms with Crippen molar-refractivity contribution in [1.82, 2.24) is 0 Å². The van der Waals surface area contributed by atoms with Gasteiger partial charge in [-0.25, -0.2) is 0 Å². The van der Waals surface area contributed by atoms with Crippen LogP contribution in [0.5, 0.6) is 0 Å². The van der Waals surface area contributed by atoms with Crippen molar-refractivity contribution in [1.29, 1.82) is 0 Å². The molecule has 0 rings (SSSR count). The maximum atomic E-state index is 5.11. The van der Waals surface area contributed by atoms with E-state index >= 15 is 0 Å². The van der Waals surface area contributed by atoms with Gasteiger partial charge in [-0.1, -0.05) is 65.2 Å². The molecule has 0 aromatic carbocycles. The third-order valence-electron chi connectivity index (χ3n) is 2.72. The molecule has 0 heterocycles. The number of hydrogen-bond donors (Lipinski definition) is 0. The van der Waals surface area contributed by atoms with Crippen LogP contribution in [0.2, 0.25) is 0 Å². The van der Waals surface area contributed by atoms with Crippen molar-refractivity contribution in [2.45, 2.75) is 27.7 Å². The molecule has 0 aromatic heterocycles. The molecule has 0 spiro atoms. The van der Waals surface area contributed by atoms with Gasteiger partial charge in [0.2, 0.25) is 0 Å². The lowest BCUT2D eigenvalue weighted by Crippen LogP contribution is -2.08. The molecule has 100 valence electrons. The Labute approximate surface area is 112 Å². The molecule has 0 atom stereocenters. The summed E-state index contributed by atoms with van der Waals surface area (Å²) in [5.41, 5.74) is 1.03. The predicted octanol–water partition coefficient (Wildman–Crippen LogP) is 5.05. The quantitative estimate of drug-likeness (QED) is 0.451. The highest BCUT2D eigenvalue weighted by Crippen LogP contribution is 2.28. The zero-order valence-corrected chi connectivity index (χ0v) is 12.4. The first-order chi connectivity index (χ1) is 8.33. The largest absolute Gasteiger partial charge is 0.497 e. The Hall–Kier alpha value is -1.50. The average molecular weight is 246 g/mol. The molecular formula is C17H26O. The van der Waals surface area contributed by atoms with Crippen molar-refractivity contribution in [3.05, 3.63) is 60.9 Å². The van der Waals surface area contributed by atoms with E-state index in [1.165, 1.54) is 0 Å². The standard InChI is InChI=1S/C17H26O/c1-8-16(18-7)10-9-13-17(5,6)15(4)12-11-14(2)3/h8-14H,1,4H2,2-3,5-7H3/b12-11+,13-9+,16-10+. The lowest BCUT2D eigenvalue weighted by molar-refractivity contribution is 0.307. The fourth-order valence-electron chi connectivity index (χ4n) is 1.23. The monoisotopic (exact) mass is 246 g/mol. The van der Waals surface area contributed by atoms with Crippen molar-refractivity contribution in [3.8, 4) is 0 Å². The third kappa shape index (κ3) is 6.29. The first kappa shape index (κ1) is 16.5. The van der Waals surface area contributed by atoms with Gasteiger partial charge >= 0.3 is 0 Å². The van der Waals surface area contributed by atoms with Crippen molar-refractivity contribution in [2.75, 3.05) is 7.11 Å².